The molecule has 0 radical (unpaired) electrons. The fourth-order valence-electron chi connectivity index (χ4n) is 2.50. The first-order valence-corrected chi connectivity index (χ1v) is 6.80. The molecule has 3 heterocycles. The van der Waals surface area contributed by atoms with Crippen molar-refractivity contribution in [1.82, 2.24) is 25.4 Å². The number of ether oxygens (including phenoxy) is 1. The van der Waals surface area contributed by atoms with Crippen molar-refractivity contribution in [2.45, 2.75) is 12.5 Å². The molecule has 2 amide bonds. The molecule has 0 spiro atoms. The maximum atomic E-state index is 11.9. The Morgan fingerprint density at radius 2 is 2.43 bits per heavy atom. The van der Waals surface area contributed by atoms with Gasteiger partial charge in [-0.25, -0.2) is 9.78 Å². The van der Waals surface area contributed by atoms with E-state index in [1.54, 1.807) is 19.4 Å². The van der Waals surface area contributed by atoms with Gasteiger partial charge in [0.2, 0.25) is 5.88 Å². The quantitative estimate of drug-likeness (QED) is 0.777. The summed E-state index contributed by atoms with van der Waals surface area (Å²) in [6.07, 6.45) is 2.59. The third-order valence-electron chi connectivity index (χ3n) is 3.57. The minimum absolute atomic E-state index is 0.186. The Labute approximate surface area is 121 Å². The van der Waals surface area contributed by atoms with Crippen LogP contribution in [0.25, 0.3) is 10.9 Å². The smallest absolute Gasteiger partial charge is 0.320 e. The van der Waals surface area contributed by atoms with Crippen LogP contribution in [-0.4, -0.2) is 59.4 Å². The summed E-state index contributed by atoms with van der Waals surface area (Å²) in [5.74, 6) is 0.958. The highest BCUT2D eigenvalue weighted by molar-refractivity contribution is 5.92. The van der Waals surface area contributed by atoms with Gasteiger partial charge in [-0.05, 0) is 20.0 Å². The van der Waals surface area contributed by atoms with Crippen LogP contribution in [0.3, 0.4) is 0 Å². The van der Waals surface area contributed by atoms with Gasteiger partial charge >= 0.3 is 6.03 Å². The molecule has 8 heteroatoms. The van der Waals surface area contributed by atoms with Gasteiger partial charge in [-0.3, -0.25) is 10.4 Å². The van der Waals surface area contributed by atoms with Crippen LogP contribution < -0.4 is 15.4 Å². The summed E-state index contributed by atoms with van der Waals surface area (Å²) in [6.45, 7) is 1.88. The number of aromatic amines is 1. The van der Waals surface area contributed by atoms with Crippen LogP contribution in [0.4, 0.5) is 10.6 Å². The Morgan fingerprint density at radius 3 is 3.14 bits per heavy atom. The molecule has 1 aliphatic rings. The summed E-state index contributed by atoms with van der Waals surface area (Å²) in [5.41, 5.74) is 0.762. The molecule has 0 bridgehead atoms. The number of likely N-dealkylation sites (tertiary alicyclic amines) is 1. The number of hydrogen-bond acceptors (Lipinski definition) is 5. The Bertz CT molecular complexity index is 655. The minimum Gasteiger partial charge on any atom is -0.479 e. The van der Waals surface area contributed by atoms with Gasteiger partial charge in [0.25, 0.3) is 0 Å². The molecule has 8 nitrogen and oxygen atoms in total. The summed E-state index contributed by atoms with van der Waals surface area (Å²) < 4.78 is 5.10. The zero-order valence-electron chi connectivity index (χ0n) is 12.0. The first-order valence-electron chi connectivity index (χ1n) is 6.80. The maximum absolute atomic E-state index is 11.9. The lowest BCUT2D eigenvalue weighted by Gasteiger charge is -2.13. The number of pyridine rings is 1. The number of H-pyrrole nitrogens is 1. The Morgan fingerprint density at radius 1 is 1.57 bits per heavy atom. The number of nitrogens with zero attached hydrogens (tertiary/aromatic N) is 3. The number of methoxy groups -OCH3 is 1. The molecule has 2 aromatic rings. The molecular formula is C13H18N6O2. The molecule has 1 atom stereocenters. The van der Waals surface area contributed by atoms with Crippen LogP contribution in [0, 0.1) is 0 Å². The molecule has 0 saturated carbocycles. The van der Waals surface area contributed by atoms with Gasteiger partial charge in [-0.15, -0.1) is 5.10 Å². The number of aromatic nitrogens is 3. The molecule has 1 unspecified atom stereocenters. The van der Waals surface area contributed by atoms with E-state index in [0.717, 1.165) is 30.4 Å². The third-order valence-corrected chi connectivity index (χ3v) is 3.57. The highest BCUT2D eigenvalue weighted by Crippen LogP contribution is 2.22. The number of urea groups is 1. The second-order valence-corrected chi connectivity index (χ2v) is 5.19. The standard InChI is InChI=1S/C13H18N6O2/c1-19-4-3-8(7-19)15-13(20)16-11-5-10-9(6-14-11)12(21-2)18-17-10/h5-6,8H,3-4,7H2,1-2H3,(H,17,18)(H2,14,15,16,20). The normalized spacial score (nSPS) is 18.9. The van der Waals surface area contributed by atoms with E-state index in [-0.39, 0.29) is 12.1 Å². The largest absolute Gasteiger partial charge is 0.479 e. The summed E-state index contributed by atoms with van der Waals surface area (Å²) >= 11 is 0. The molecule has 112 valence electrons. The van der Waals surface area contributed by atoms with E-state index in [1.165, 1.54) is 0 Å². The van der Waals surface area contributed by atoms with E-state index < -0.39 is 0 Å². The van der Waals surface area contributed by atoms with Crippen molar-refractivity contribution in [2.24, 2.45) is 0 Å². The first kappa shape index (κ1) is 13.6. The highest BCUT2D eigenvalue weighted by Gasteiger charge is 2.21. The molecule has 1 aliphatic heterocycles. The Hall–Kier alpha value is -2.35. The van der Waals surface area contributed by atoms with Crippen LogP contribution in [0.5, 0.6) is 5.88 Å². The van der Waals surface area contributed by atoms with Crippen molar-refractivity contribution in [3.8, 4) is 5.88 Å². The number of carbonyl (C=O) groups excluding carboxylic acids is 1. The SMILES string of the molecule is COc1n[nH]c2cc(NC(=O)NC3CCN(C)C3)ncc12. The zero-order valence-corrected chi connectivity index (χ0v) is 12.0. The lowest BCUT2D eigenvalue weighted by Crippen LogP contribution is -2.39. The van der Waals surface area contributed by atoms with Gasteiger partial charge in [0.15, 0.2) is 0 Å². The monoisotopic (exact) mass is 290 g/mol. The van der Waals surface area contributed by atoms with Crippen molar-refractivity contribution in [2.75, 3.05) is 32.6 Å². The number of fused-ring (bicyclic) bond motifs is 1. The third kappa shape index (κ3) is 2.89. The minimum atomic E-state index is -0.242. The number of likely N-dealkylation sites (N-methyl/N-ethyl adjacent to an activating group) is 1. The maximum Gasteiger partial charge on any atom is 0.320 e. The lowest BCUT2D eigenvalue weighted by molar-refractivity contribution is 0.248. The number of rotatable bonds is 3. The fourth-order valence-corrected chi connectivity index (χ4v) is 2.50. The summed E-state index contributed by atoms with van der Waals surface area (Å²) in [5, 5.41) is 13.3. The molecule has 0 aliphatic carbocycles. The second-order valence-electron chi connectivity index (χ2n) is 5.19. The van der Waals surface area contributed by atoms with Crippen molar-refractivity contribution in [1.29, 1.82) is 0 Å². The summed E-state index contributed by atoms with van der Waals surface area (Å²) in [6, 6.07) is 1.67. The van der Waals surface area contributed by atoms with Crippen molar-refractivity contribution in [3.63, 3.8) is 0 Å². The summed E-state index contributed by atoms with van der Waals surface area (Å²) in [7, 11) is 3.59. The van der Waals surface area contributed by atoms with Gasteiger partial charge in [-0.2, -0.15) is 0 Å². The van der Waals surface area contributed by atoms with E-state index in [9.17, 15) is 4.79 Å². The van der Waals surface area contributed by atoms with Gasteiger partial charge in [0, 0.05) is 24.8 Å². The molecule has 1 fully saturated rings. The topological polar surface area (TPSA) is 95.2 Å². The van der Waals surface area contributed by atoms with Crippen molar-refractivity contribution in [3.05, 3.63) is 12.3 Å². The predicted octanol–water partition coefficient (Wildman–Crippen LogP) is 0.792. The number of amides is 2. The van der Waals surface area contributed by atoms with E-state index in [4.69, 9.17) is 4.74 Å². The van der Waals surface area contributed by atoms with Gasteiger partial charge in [-0.1, -0.05) is 0 Å². The van der Waals surface area contributed by atoms with E-state index in [0.29, 0.717) is 11.7 Å². The van der Waals surface area contributed by atoms with Crippen LogP contribution in [0.15, 0.2) is 12.3 Å². The molecule has 21 heavy (non-hydrogen) atoms. The molecule has 2 aromatic heterocycles. The van der Waals surface area contributed by atoms with Gasteiger partial charge < -0.3 is 15.0 Å². The van der Waals surface area contributed by atoms with E-state index in [1.807, 2.05) is 7.05 Å². The highest BCUT2D eigenvalue weighted by atomic mass is 16.5. The van der Waals surface area contributed by atoms with Crippen LogP contribution in [-0.2, 0) is 0 Å². The molecule has 0 aromatic carbocycles. The number of nitrogens with one attached hydrogen (secondary N) is 3. The van der Waals surface area contributed by atoms with Crippen molar-refractivity contribution >= 4 is 22.8 Å². The molecular weight excluding hydrogens is 272 g/mol. The van der Waals surface area contributed by atoms with Gasteiger partial charge in [0.05, 0.1) is 18.0 Å². The number of anilines is 1. The number of hydrogen-bond donors (Lipinski definition) is 3. The average Bonchev–Trinajstić information content (AvgIpc) is 3.04. The van der Waals surface area contributed by atoms with Crippen LogP contribution >= 0.6 is 0 Å². The summed E-state index contributed by atoms with van der Waals surface area (Å²) in [4.78, 5) is 18.3. The van der Waals surface area contributed by atoms with Crippen molar-refractivity contribution < 1.29 is 9.53 Å². The predicted molar refractivity (Wildman–Crippen MR) is 78.5 cm³/mol. The molecule has 3 N–H and O–H groups in total. The lowest BCUT2D eigenvalue weighted by atomic mass is 10.3. The van der Waals surface area contributed by atoms with E-state index in [2.05, 4.69) is 30.7 Å². The average molecular weight is 290 g/mol. The Balaban J connectivity index is 1.65. The molecule has 3 rings (SSSR count). The van der Waals surface area contributed by atoms with Crippen LogP contribution in [0.1, 0.15) is 6.42 Å². The van der Waals surface area contributed by atoms with E-state index >= 15 is 0 Å². The number of carbonyl (C=O) groups is 1. The Kier molecular flexibility index (Phi) is 3.61. The fraction of sp³-hybridized carbons (Fsp3) is 0.462. The van der Waals surface area contributed by atoms with Crippen LogP contribution in [0.2, 0.25) is 0 Å². The van der Waals surface area contributed by atoms with Gasteiger partial charge in [0.1, 0.15) is 5.82 Å². The second kappa shape index (κ2) is 5.57. The molecule has 1 saturated heterocycles. The zero-order chi connectivity index (χ0) is 14.8. The first-order chi connectivity index (χ1) is 10.2.